The van der Waals surface area contributed by atoms with Gasteiger partial charge in [-0.2, -0.15) is 0 Å². The molecule has 1 aromatic heterocycles. The van der Waals surface area contributed by atoms with Gasteiger partial charge in [-0.05, 0) is 12.1 Å². The topological polar surface area (TPSA) is 37.5 Å². The average Bonchev–Trinajstić information content (AvgIpc) is 2.92. The summed E-state index contributed by atoms with van der Waals surface area (Å²) in [6.07, 6.45) is 3.44. The summed E-state index contributed by atoms with van der Waals surface area (Å²) in [5.74, 6) is 0. The number of aliphatic imine (C=N–C) groups is 1. The first-order valence-corrected chi connectivity index (χ1v) is 4.61. The van der Waals surface area contributed by atoms with Crippen LogP contribution in [0.15, 0.2) is 46.0 Å². The second-order valence-corrected chi connectivity index (χ2v) is 2.95. The van der Waals surface area contributed by atoms with Crippen molar-refractivity contribution in [1.82, 2.24) is 5.32 Å². The Bertz CT molecular complexity index is 384. The van der Waals surface area contributed by atoms with Crippen molar-refractivity contribution in [3.05, 3.63) is 36.6 Å². The zero-order valence-corrected chi connectivity index (χ0v) is 7.81. The lowest BCUT2D eigenvalue weighted by Gasteiger charge is -1.81. The SMILES string of the molecule is C1=NCCN1.c1ccc2occc2c1. The highest BCUT2D eigenvalue weighted by Crippen LogP contribution is 2.12. The van der Waals surface area contributed by atoms with E-state index in [0.29, 0.717) is 0 Å². The largest absolute Gasteiger partial charge is 0.464 e. The van der Waals surface area contributed by atoms with Gasteiger partial charge in [0.25, 0.3) is 0 Å². The minimum atomic E-state index is 0.956. The van der Waals surface area contributed by atoms with Gasteiger partial charge in [-0.15, -0.1) is 0 Å². The third kappa shape index (κ3) is 2.13. The molecule has 0 saturated carbocycles. The van der Waals surface area contributed by atoms with Gasteiger partial charge in [-0.3, -0.25) is 4.99 Å². The van der Waals surface area contributed by atoms with Crippen LogP contribution in [0.4, 0.5) is 0 Å². The fourth-order valence-corrected chi connectivity index (χ4v) is 1.23. The quantitative estimate of drug-likeness (QED) is 0.687. The van der Waals surface area contributed by atoms with E-state index >= 15 is 0 Å². The van der Waals surface area contributed by atoms with Gasteiger partial charge in [0.1, 0.15) is 5.58 Å². The Morgan fingerprint density at radius 3 is 2.79 bits per heavy atom. The van der Waals surface area contributed by atoms with Crippen molar-refractivity contribution < 1.29 is 4.42 Å². The van der Waals surface area contributed by atoms with Gasteiger partial charge >= 0.3 is 0 Å². The summed E-state index contributed by atoms with van der Waals surface area (Å²) in [4.78, 5) is 3.85. The zero-order chi connectivity index (χ0) is 9.64. The van der Waals surface area contributed by atoms with E-state index in [9.17, 15) is 0 Å². The molecule has 3 heteroatoms. The van der Waals surface area contributed by atoms with Crippen molar-refractivity contribution in [2.24, 2.45) is 4.99 Å². The number of para-hydroxylation sites is 1. The van der Waals surface area contributed by atoms with Crippen LogP contribution in [-0.4, -0.2) is 19.4 Å². The highest BCUT2D eigenvalue weighted by molar-refractivity contribution is 5.76. The molecule has 0 fully saturated rings. The molecule has 0 unspecified atom stereocenters. The molecule has 0 spiro atoms. The van der Waals surface area contributed by atoms with Crippen LogP contribution in [0.3, 0.4) is 0 Å². The van der Waals surface area contributed by atoms with Crippen LogP contribution in [0.2, 0.25) is 0 Å². The van der Waals surface area contributed by atoms with E-state index in [2.05, 4.69) is 10.3 Å². The first-order valence-electron chi connectivity index (χ1n) is 4.61. The number of rotatable bonds is 0. The monoisotopic (exact) mass is 188 g/mol. The Kier molecular flexibility index (Phi) is 2.81. The highest BCUT2D eigenvalue weighted by Gasteiger charge is 1.89. The summed E-state index contributed by atoms with van der Waals surface area (Å²) < 4.78 is 5.12. The van der Waals surface area contributed by atoms with Crippen LogP contribution in [0.25, 0.3) is 11.0 Å². The molecular weight excluding hydrogens is 176 g/mol. The lowest BCUT2D eigenvalue weighted by atomic mass is 10.3. The van der Waals surface area contributed by atoms with Crippen molar-refractivity contribution >= 4 is 17.3 Å². The van der Waals surface area contributed by atoms with Crippen LogP contribution in [0, 0.1) is 0 Å². The lowest BCUT2D eigenvalue weighted by Crippen LogP contribution is -2.04. The molecule has 0 bridgehead atoms. The van der Waals surface area contributed by atoms with Crippen molar-refractivity contribution in [2.75, 3.05) is 13.1 Å². The summed E-state index contributed by atoms with van der Waals surface area (Å²) in [7, 11) is 0. The van der Waals surface area contributed by atoms with Crippen molar-refractivity contribution in [1.29, 1.82) is 0 Å². The van der Waals surface area contributed by atoms with Crippen LogP contribution in [-0.2, 0) is 0 Å². The molecule has 0 atom stereocenters. The Morgan fingerprint density at radius 1 is 1.21 bits per heavy atom. The molecule has 0 saturated heterocycles. The molecule has 2 aromatic rings. The first kappa shape index (κ1) is 8.81. The van der Waals surface area contributed by atoms with Gasteiger partial charge in [0.05, 0.1) is 19.1 Å². The lowest BCUT2D eigenvalue weighted by molar-refractivity contribution is 0.616. The van der Waals surface area contributed by atoms with Gasteiger partial charge in [0.15, 0.2) is 0 Å². The molecular formula is C11H12N2O. The Morgan fingerprint density at radius 2 is 2.14 bits per heavy atom. The van der Waals surface area contributed by atoms with E-state index < -0.39 is 0 Å². The molecule has 0 radical (unpaired) electrons. The molecule has 3 rings (SSSR count). The van der Waals surface area contributed by atoms with Crippen molar-refractivity contribution in [3.63, 3.8) is 0 Å². The minimum absolute atomic E-state index is 0.956. The summed E-state index contributed by atoms with van der Waals surface area (Å²) in [6.45, 7) is 1.99. The number of nitrogens with one attached hydrogen (secondary N) is 1. The molecule has 1 aliphatic heterocycles. The Labute approximate surface area is 82.4 Å². The fraction of sp³-hybridized carbons (Fsp3) is 0.182. The van der Waals surface area contributed by atoms with Gasteiger partial charge in [-0.25, -0.2) is 0 Å². The van der Waals surface area contributed by atoms with Gasteiger partial charge in [0.2, 0.25) is 0 Å². The maximum absolute atomic E-state index is 5.12. The first-order chi connectivity index (χ1) is 6.97. The predicted molar refractivity (Wildman–Crippen MR) is 57.6 cm³/mol. The number of furan rings is 1. The number of benzene rings is 1. The molecule has 1 aliphatic rings. The van der Waals surface area contributed by atoms with Gasteiger partial charge in [0, 0.05) is 11.9 Å². The van der Waals surface area contributed by atoms with Crippen LogP contribution in [0.1, 0.15) is 0 Å². The van der Waals surface area contributed by atoms with Crippen LogP contribution >= 0.6 is 0 Å². The van der Waals surface area contributed by atoms with Gasteiger partial charge < -0.3 is 9.73 Å². The average molecular weight is 188 g/mol. The highest BCUT2D eigenvalue weighted by atomic mass is 16.3. The predicted octanol–water partition coefficient (Wildman–Crippen LogP) is 2.05. The van der Waals surface area contributed by atoms with Crippen molar-refractivity contribution in [2.45, 2.75) is 0 Å². The molecule has 2 heterocycles. The molecule has 0 aliphatic carbocycles. The summed E-state index contributed by atoms with van der Waals surface area (Å²) >= 11 is 0. The third-order valence-corrected chi connectivity index (χ3v) is 1.93. The molecule has 72 valence electrons. The normalized spacial score (nSPS) is 13.4. The summed E-state index contributed by atoms with van der Waals surface area (Å²) in [5.41, 5.74) is 0.956. The van der Waals surface area contributed by atoms with Crippen molar-refractivity contribution in [3.8, 4) is 0 Å². The van der Waals surface area contributed by atoms with E-state index in [1.807, 2.05) is 30.3 Å². The number of nitrogens with zero attached hydrogens (tertiary/aromatic N) is 1. The minimum Gasteiger partial charge on any atom is -0.464 e. The summed E-state index contributed by atoms with van der Waals surface area (Å²) in [6, 6.07) is 9.90. The number of fused-ring (bicyclic) bond motifs is 1. The second-order valence-electron chi connectivity index (χ2n) is 2.95. The van der Waals surface area contributed by atoms with E-state index in [0.717, 1.165) is 24.1 Å². The van der Waals surface area contributed by atoms with E-state index in [1.54, 1.807) is 12.6 Å². The molecule has 0 amide bonds. The maximum atomic E-state index is 5.12. The molecule has 3 nitrogen and oxygen atoms in total. The molecule has 1 N–H and O–H groups in total. The van der Waals surface area contributed by atoms with E-state index in [-0.39, 0.29) is 0 Å². The second kappa shape index (κ2) is 4.46. The molecule has 1 aromatic carbocycles. The van der Waals surface area contributed by atoms with Gasteiger partial charge in [-0.1, -0.05) is 18.2 Å². The maximum Gasteiger partial charge on any atom is 0.133 e. The molecule has 14 heavy (non-hydrogen) atoms. The summed E-state index contributed by atoms with van der Waals surface area (Å²) in [5, 5.41) is 4.09. The Hall–Kier alpha value is -1.77. The van der Waals surface area contributed by atoms with E-state index in [4.69, 9.17) is 4.42 Å². The number of hydrogen-bond donors (Lipinski definition) is 1. The van der Waals surface area contributed by atoms with Crippen LogP contribution in [0.5, 0.6) is 0 Å². The van der Waals surface area contributed by atoms with Crippen LogP contribution < -0.4 is 5.32 Å². The Balaban J connectivity index is 0.000000128. The fourth-order valence-electron chi connectivity index (χ4n) is 1.23. The smallest absolute Gasteiger partial charge is 0.133 e. The zero-order valence-electron chi connectivity index (χ0n) is 7.81. The standard InChI is InChI=1S/C8H6O.C3H6N2/c1-2-4-8-7(3-1)5-6-9-8;1-2-5-3-4-1/h1-6H;3H,1-2H2,(H,4,5). The number of hydrogen-bond acceptors (Lipinski definition) is 3. The third-order valence-electron chi connectivity index (χ3n) is 1.93. The van der Waals surface area contributed by atoms with E-state index in [1.165, 1.54) is 0 Å².